The van der Waals surface area contributed by atoms with Crippen molar-refractivity contribution in [1.82, 2.24) is 4.98 Å². The third kappa shape index (κ3) is 1.59. The Morgan fingerprint density at radius 1 is 1.38 bits per heavy atom. The normalized spacial score (nSPS) is 10.7. The predicted molar refractivity (Wildman–Crippen MR) is 56.2 cm³/mol. The molecule has 0 saturated carbocycles. The lowest BCUT2D eigenvalue weighted by Gasteiger charge is -1.92. The van der Waals surface area contributed by atoms with Crippen LogP contribution in [0.2, 0.25) is 10.2 Å². The Hall–Kier alpha value is -0.510. The molecule has 0 bridgehead atoms. The third-order valence-electron chi connectivity index (χ3n) is 1.58. The van der Waals surface area contributed by atoms with E-state index < -0.39 is 0 Å². The highest BCUT2D eigenvalue weighted by Crippen LogP contribution is 2.36. The molecule has 0 saturated heterocycles. The second kappa shape index (κ2) is 3.33. The predicted octanol–water partition coefficient (Wildman–Crippen LogP) is 3.61. The van der Waals surface area contributed by atoms with Crippen molar-refractivity contribution < 1.29 is 4.74 Å². The van der Waals surface area contributed by atoms with Gasteiger partial charge in [-0.1, -0.05) is 34.5 Å². The zero-order chi connectivity index (χ0) is 9.42. The smallest absolute Gasteiger partial charge is 0.176 e. The summed E-state index contributed by atoms with van der Waals surface area (Å²) in [7, 11) is 1.61. The maximum absolute atomic E-state index is 5.96. The van der Waals surface area contributed by atoms with E-state index in [0.717, 1.165) is 15.3 Å². The van der Waals surface area contributed by atoms with Crippen molar-refractivity contribution in [2.45, 2.75) is 0 Å². The molecule has 2 nitrogen and oxygen atoms in total. The van der Waals surface area contributed by atoms with Gasteiger partial charge in [0.15, 0.2) is 5.06 Å². The number of nitrogens with zero attached hydrogens (tertiary/aromatic N) is 1. The summed E-state index contributed by atoms with van der Waals surface area (Å²) in [6.07, 6.45) is 0. The first-order valence-corrected chi connectivity index (χ1v) is 5.07. The molecule has 0 amide bonds. The van der Waals surface area contributed by atoms with Crippen molar-refractivity contribution in [2.75, 3.05) is 7.11 Å². The van der Waals surface area contributed by atoms with Crippen molar-refractivity contribution >= 4 is 44.8 Å². The molecule has 0 N–H and O–H groups in total. The van der Waals surface area contributed by atoms with E-state index in [2.05, 4.69) is 4.98 Å². The van der Waals surface area contributed by atoms with Crippen LogP contribution in [0.25, 0.3) is 10.2 Å². The van der Waals surface area contributed by atoms with Gasteiger partial charge in [0.05, 0.1) is 22.3 Å². The number of hydrogen-bond acceptors (Lipinski definition) is 3. The van der Waals surface area contributed by atoms with Gasteiger partial charge in [0.2, 0.25) is 0 Å². The van der Waals surface area contributed by atoms with Crippen molar-refractivity contribution in [2.24, 2.45) is 0 Å². The minimum Gasteiger partial charge on any atom is -0.487 e. The first-order valence-electron chi connectivity index (χ1n) is 3.50. The Labute approximate surface area is 89.1 Å². The van der Waals surface area contributed by atoms with Crippen LogP contribution in [0.5, 0.6) is 5.06 Å². The number of pyridine rings is 1. The molecule has 0 radical (unpaired) electrons. The summed E-state index contributed by atoms with van der Waals surface area (Å²) < 4.78 is 5.98. The third-order valence-corrected chi connectivity index (χ3v) is 3.30. The second-order valence-electron chi connectivity index (χ2n) is 2.41. The van der Waals surface area contributed by atoms with Crippen molar-refractivity contribution in [3.8, 4) is 5.06 Å². The van der Waals surface area contributed by atoms with Crippen molar-refractivity contribution in [3.05, 3.63) is 22.3 Å². The molecule has 2 rings (SSSR count). The van der Waals surface area contributed by atoms with Crippen LogP contribution in [0, 0.1) is 0 Å². The van der Waals surface area contributed by atoms with Crippen LogP contribution in [0.3, 0.4) is 0 Å². The van der Waals surface area contributed by atoms with Gasteiger partial charge in [-0.2, -0.15) is 0 Å². The van der Waals surface area contributed by atoms with Gasteiger partial charge in [-0.3, -0.25) is 0 Å². The molecule has 0 aliphatic heterocycles. The molecule has 2 heterocycles. The summed E-state index contributed by atoms with van der Waals surface area (Å²) in [6, 6.07) is 3.44. The fraction of sp³-hybridized carbons (Fsp3) is 0.125. The fourth-order valence-corrected chi connectivity index (χ4v) is 2.42. The molecule has 0 fully saturated rings. The average molecular weight is 234 g/mol. The molecule has 0 aliphatic carbocycles. The molecule has 68 valence electrons. The first-order chi connectivity index (χ1) is 6.20. The lowest BCUT2D eigenvalue weighted by Crippen LogP contribution is -1.75. The minimum absolute atomic E-state index is 0.401. The lowest BCUT2D eigenvalue weighted by molar-refractivity contribution is 0.427. The molecule has 0 aliphatic rings. The highest BCUT2D eigenvalue weighted by molar-refractivity contribution is 7.21. The van der Waals surface area contributed by atoms with Gasteiger partial charge in [0, 0.05) is 6.07 Å². The summed E-state index contributed by atoms with van der Waals surface area (Å²) in [5, 5.41) is 1.80. The highest BCUT2D eigenvalue weighted by Gasteiger charge is 2.07. The standard InChI is InChI=1S/C8H5Cl2NOS/c1-12-7-3-5-8(13-7)4(9)2-6(10)11-5/h2-3H,1H3. The van der Waals surface area contributed by atoms with E-state index in [1.54, 1.807) is 13.2 Å². The summed E-state index contributed by atoms with van der Waals surface area (Å²) in [5.74, 6) is 0. The highest BCUT2D eigenvalue weighted by atomic mass is 35.5. The summed E-state index contributed by atoms with van der Waals surface area (Å²) in [5.41, 5.74) is 0.777. The Kier molecular flexibility index (Phi) is 2.32. The van der Waals surface area contributed by atoms with Crippen LogP contribution >= 0.6 is 34.5 Å². The summed E-state index contributed by atoms with van der Waals surface area (Å²) >= 11 is 13.2. The van der Waals surface area contributed by atoms with Crippen LogP contribution in [-0.2, 0) is 0 Å². The van der Waals surface area contributed by atoms with E-state index in [1.807, 2.05) is 6.07 Å². The molecular formula is C8H5Cl2NOS. The largest absolute Gasteiger partial charge is 0.487 e. The van der Waals surface area contributed by atoms with Gasteiger partial charge >= 0.3 is 0 Å². The minimum atomic E-state index is 0.401. The molecular weight excluding hydrogens is 229 g/mol. The van der Waals surface area contributed by atoms with Gasteiger partial charge in [0.25, 0.3) is 0 Å². The Morgan fingerprint density at radius 3 is 2.85 bits per heavy atom. The number of fused-ring (bicyclic) bond motifs is 1. The Balaban J connectivity index is 2.75. The maximum Gasteiger partial charge on any atom is 0.176 e. The number of halogens is 2. The van der Waals surface area contributed by atoms with Gasteiger partial charge in [-0.15, -0.1) is 0 Å². The summed E-state index contributed by atoms with van der Waals surface area (Å²) in [6.45, 7) is 0. The summed E-state index contributed by atoms with van der Waals surface area (Å²) in [4.78, 5) is 4.12. The van der Waals surface area contributed by atoms with Crippen molar-refractivity contribution in [3.63, 3.8) is 0 Å². The zero-order valence-electron chi connectivity index (χ0n) is 6.67. The molecule has 0 spiro atoms. The molecule has 5 heteroatoms. The van der Waals surface area contributed by atoms with Gasteiger partial charge in [-0.05, 0) is 6.07 Å². The molecule has 2 aromatic rings. The van der Waals surface area contributed by atoms with Gasteiger partial charge < -0.3 is 4.74 Å². The molecule has 13 heavy (non-hydrogen) atoms. The number of ether oxygens (including phenoxy) is 1. The maximum atomic E-state index is 5.96. The van der Waals surface area contributed by atoms with E-state index in [9.17, 15) is 0 Å². The molecule has 2 aromatic heterocycles. The SMILES string of the molecule is COc1cc2nc(Cl)cc(Cl)c2s1. The van der Waals surface area contributed by atoms with E-state index in [0.29, 0.717) is 10.2 Å². The number of rotatable bonds is 1. The van der Waals surface area contributed by atoms with E-state index >= 15 is 0 Å². The van der Waals surface area contributed by atoms with E-state index in [1.165, 1.54) is 11.3 Å². The van der Waals surface area contributed by atoms with Crippen molar-refractivity contribution in [1.29, 1.82) is 0 Å². The van der Waals surface area contributed by atoms with Crippen LogP contribution < -0.4 is 4.74 Å². The number of aromatic nitrogens is 1. The molecule has 0 unspecified atom stereocenters. The second-order valence-corrected chi connectivity index (χ2v) is 4.22. The lowest BCUT2D eigenvalue weighted by atomic mass is 10.4. The fourth-order valence-electron chi connectivity index (χ4n) is 1.03. The Morgan fingerprint density at radius 2 is 2.15 bits per heavy atom. The van der Waals surface area contributed by atoms with Gasteiger partial charge in [0.1, 0.15) is 5.15 Å². The topological polar surface area (TPSA) is 22.1 Å². The van der Waals surface area contributed by atoms with Crippen LogP contribution in [0.15, 0.2) is 12.1 Å². The number of methoxy groups -OCH3 is 1. The first kappa shape index (κ1) is 9.06. The zero-order valence-corrected chi connectivity index (χ0v) is 9.00. The molecule has 0 atom stereocenters. The quantitative estimate of drug-likeness (QED) is 0.703. The van der Waals surface area contributed by atoms with E-state index in [-0.39, 0.29) is 0 Å². The number of thiophene rings is 1. The Bertz CT molecular complexity index is 455. The number of hydrogen-bond donors (Lipinski definition) is 0. The van der Waals surface area contributed by atoms with Gasteiger partial charge in [-0.25, -0.2) is 4.98 Å². The van der Waals surface area contributed by atoms with E-state index in [4.69, 9.17) is 27.9 Å². The van der Waals surface area contributed by atoms with Crippen LogP contribution in [0.4, 0.5) is 0 Å². The average Bonchev–Trinajstić information content (AvgIpc) is 2.47. The van der Waals surface area contributed by atoms with Crippen LogP contribution in [0.1, 0.15) is 0 Å². The monoisotopic (exact) mass is 233 g/mol. The van der Waals surface area contributed by atoms with Crippen LogP contribution in [-0.4, -0.2) is 12.1 Å². The molecule has 0 aromatic carbocycles.